The van der Waals surface area contributed by atoms with E-state index in [-0.39, 0.29) is 23.7 Å². The van der Waals surface area contributed by atoms with Gasteiger partial charge in [0.25, 0.3) is 5.69 Å². The van der Waals surface area contributed by atoms with Crippen LogP contribution in [-0.4, -0.2) is 21.1 Å². The second-order valence-electron chi connectivity index (χ2n) is 3.66. The zero-order chi connectivity index (χ0) is 15.4. The second kappa shape index (κ2) is 6.59. The Morgan fingerprint density at radius 1 is 1.52 bits per heavy atom. The maximum absolute atomic E-state index is 12.3. The molecule has 2 rings (SSSR count). The van der Waals surface area contributed by atoms with Gasteiger partial charge in [-0.15, -0.1) is 5.10 Å². The van der Waals surface area contributed by atoms with Gasteiger partial charge in [0, 0.05) is 23.7 Å². The minimum absolute atomic E-state index is 0.0357. The molecular weight excluding hydrogens is 330 g/mol. The molecule has 21 heavy (non-hydrogen) atoms. The van der Waals surface area contributed by atoms with E-state index in [9.17, 15) is 18.9 Å². The van der Waals surface area contributed by atoms with E-state index in [2.05, 4.69) is 19.6 Å². The van der Waals surface area contributed by atoms with Crippen molar-refractivity contribution in [1.82, 2.24) is 9.59 Å². The number of halogens is 3. The van der Waals surface area contributed by atoms with E-state index in [1.165, 1.54) is 0 Å². The molecule has 0 unspecified atom stereocenters. The number of nitrogens with zero attached hydrogens (tertiary/aromatic N) is 3. The van der Waals surface area contributed by atoms with Gasteiger partial charge >= 0.3 is 6.61 Å². The number of alkyl halides is 2. The zero-order valence-electron chi connectivity index (χ0n) is 10.1. The summed E-state index contributed by atoms with van der Waals surface area (Å²) in [6, 6.07) is 3.25. The monoisotopic (exact) mass is 336 g/mol. The molecule has 112 valence electrons. The lowest BCUT2D eigenvalue weighted by atomic mass is 10.2. The van der Waals surface area contributed by atoms with Gasteiger partial charge in [-0.25, -0.2) is 0 Å². The molecule has 0 aliphatic carbocycles. The number of nitro benzene ring substituents is 1. The maximum Gasteiger partial charge on any atom is 0.387 e. The zero-order valence-corrected chi connectivity index (χ0v) is 11.7. The summed E-state index contributed by atoms with van der Waals surface area (Å²) < 4.78 is 32.9. The Bertz CT molecular complexity index is 655. The van der Waals surface area contributed by atoms with Crippen LogP contribution >= 0.6 is 23.1 Å². The molecule has 0 saturated heterocycles. The average Bonchev–Trinajstić information content (AvgIpc) is 2.82. The fraction of sp³-hybridized carbons (Fsp3) is 0.200. The largest absolute Gasteiger partial charge is 0.433 e. The summed E-state index contributed by atoms with van der Waals surface area (Å²) in [5.74, 6) is -0.213. The molecule has 0 saturated carbocycles. The van der Waals surface area contributed by atoms with Gasteiger partial charge in [-0.05, 0) is 6.07 Å². The van der Waals surface area contributed by atoms with E-state index in [0.717, 1.165) is 29.7 Å². The van der Waals surface area contributed by atoms with Crippen molar-refractivity contribution in [1.29, 1.82) is 0 Å². The molecule has 0 aliphatic rings. The van der Waals surface area contributed by atoms with Crippen LogP contribution in [-0.2, 0) is 6.54 Å². The first kappa shape index (κ1) is 15.3. The van der Waals surface area contributed by atoms with Crippen molar-refractivity contribution in [3.63, 3.8) is 0 Å². The minimum Gasteiger partial charge on any atom is -0.433 e. The quantitative estimate of drug-likeness (QED) is 0.643. The Hall–Kier alpha value is -2.07. The third-order valence-electron chi connectivity index (χ3n) is 2.35. The van der Waals surface area contributed by atoms with Crippen LogP contribution < -0.4 is 10.1 Å². The van der Waals surface area contributed by atoms with Gasteiger partial charge < -0.3 is 10.1 Å². The van der Waals surface area contributed by atoms with Gasteiger partial charge in [0.15, 0.2) is 0 Å². The summed E-state index contributed by atoms with van der Waals surface area (Å²) in [5.41, 5.74) is 0.173. The van der Waals surface area contributed by atoms with Crippen LogP contribution in [0.3, 0.4) is 0 Å². The molecular formula is C10H7ClF2N4O3S. The highest BCUT2D eigenvalue weighted by Gasteiger charge is 2.15. The van der Waals surface area contributed by atoms with Crippen molar-refractivity contribution in [2.75, 3.05) is 5.32 Å². The van der Waals surface area contributed by atoms with Crippen molar-refractivity contribution in [3.05, 3.63) is 38.3 Å². The van der Waals surface area contributed by atoms with Crippen LogP contribution in [0.25, 0.3) is 0 Å². The SMILES string of the molecule is O=[N+]([O-])c1ccc(OC(F)F)c(NCc2nnsc2Cl)c1. The van der Waals surface area contributed by atoms with E-state index in [4.69, 9.17) is 11.6 Å². The number of hydrogen-bond acceptors (Lipinski definition) is 7. The van der Waals surface area contributed by atoms with Crippen LogP contribution in [0.2, 0.25) is 4.34 Å². The molecule has 2 aromatic rings. The van der Waals surface area contributed by atoms with Crippen molar-refractivity contribution < 1.29 is 18.4 Å². The molecule has 0 radical (unpaired) electrons. The fourth-order valence-electron chi connectivity index (χ4n) is 1.45. The lowest BCUT2D eigenvalue weighted by Crippen LogP contribution is -2.07. The van der Waals surface area contributed by atoms with E-state index in [0.29, 0.717) is 10.0 Å². The number of nitrogens with one attached hydrogen (secondary N) is 1. The summed E-state index contributed by atoms with van der Waals surface area (Å²) in [7, 11) is 0. The Morgan fingerprint density at radius 2 is 2.29 bits per heavy atom. The summed E-state index contributed by atoms with van der Waals surface area (Å²) in [4.78, 5) is 10.1. The third kappa shape index (κ3) is 3.95. The molecule has 1 aromatic heterocycles. The molecule has 0 spiro atoms. The molecule has 7 nitrogen and oxygen atoms in total. The van der Waals surface area contributed by atoms with Crippen LogP contribution in [0.1, 0.15) is 5.69 Å². The normalized spacial score (nSPS) is 10.7. The van der Waals surface area contributed by atoms with Crippen molar-refractivity contribution in [2.45, 2.75) is 13.2 Å². The van der Waals surface area contributed by atoms with Gasteiger partial charge in [0.05, 0.1) is 17.2 Å². The van der Waals surface area contributed by atoms with Crippen molar-refractivity contribution in [2.24, 2.45) is 0 Å². The van der Waals surface area contributed by atoms with Gasteiger partial charge in [-0.3, -0.25) is 10.1 Å². The van der Waals surface area contributed by atoms with Crippen molar-refractivity contribution in [3.8, 4) is 5.75 Å². The second-order valence-corrected chi connectivity index (χ2v) is 5.02. The smallest absolute Gasteiger partial charge is 0.387 e. The molecule has 11 heteroatoms. The van der Waals surface area contributed by atoms with E-state index >= 15 is 0 Å². The Labute approximate surface area is 125 Å². The summed E-state index contributed by atoms with van der Waals surface area (Å²) >= 11 is 6.77. The molecule has 1 N–H and O–H groups in total. The lowest BCUT2D eigenvalue weighted by molar-refractivity contribution is -0.384. The molecule has 0 aliphatic heterocycles. The van der Waals surface area contributed by atoms with E-state index < -0.39 is 11.5 Å². The highest BCUT2D eigenvalue weighted by atomic mass is 35.5. The van der Waals surface area contributed by atoms with Gasteiger partial charge in [-0.1, -0.05) is 16.1 Å². The molecule has 0 atom stereocenters. The number of benzene rings is 1. The highest BCUT2D eigenvalue weighted by molar-refractivity contribution is 7.10. The van der Waals surface area contributed by atoms with Crippen LogP contribution in [0.15, 0.2) is 18.2 Å². The predicted octanol–water partition coefficient (Wildman–Crippen LogP) is 3.31. The van der Waals surface area contributed by atoms with Gasteiger partial charge in [-0.2, -0.15) is 8.78 Å². The molecule has 1 aromatic carbocycles. The fourth-order valence-corrected chi connectivity index (χ4v) is 2.08. The Morgan fingerprint density at radius 3 is 2.86 bits per heavy atom. The number of anilines is 1. The first-order valence-electron chi connectivity index (χ1n) is 5.41. The summed E-state index contributed by atoms with van der Waals surface area (Å²) in [6.07, 6.45) is 0. The van der Waals surface area contributed by atoms with E-state index in [1.807, 2.05) is 0 Å². The number of hydrogen-bond donors (Lipinski definition) is 1. The van der Waals surface area contributed by atoms with Crippen LogP contribution in [0.4, 0.5) is 20.2 Å². The summed E-state index contributed by atoms with van der Waals surface area (Å²) in [6.45, 7) is -2.98. The highest BCUT2D eigenvalue weighted by Crippen LogP contribution is 2.31. The molecule has 0 amide bonds. The first-order chi connectivity index (χ1) is 9.97. The first-order valence-corrected chi connectivity index (χ1v) is 6.56. The number of nitro groups is 1. The number of ether oxygens (including phenoxy) is 1. The maximum atomic E-state index is 12.3. The number of non-ortho nitro benzene ring substituents is 1. The van der Waals surface area contributed by atoms with Crippen LogP contribution in [0, 0.1) is 10.1 Å². The average molecular weight is 337 g/mol. The van der Waals surface area contributed by atoms with Crippen LogP contribution in [0.5, 0.6) is 5.75 Å². The standard InChI is InChI=1S/C10H7ClF2N4O3S/c11-9-7(15-16-21-9)4-14-6-3-5(17(18)19)1-2-8(6)20-10(12)13/h1-3,10,14H,4H2. The molecule has 0 bridgehead atoms. The predicted molar refractivity (Wildman–Crippen MR) is 72.0 cm³/mol. The third-order valence-corrected chi connectivity index (χ3v) is 3.33. The van der Waals surface area contributed by atoms with Crippen molar-refractivity contribution >= 4 is 34.5 Å². The van der Waals surface area contributed by atoms with Gasteiger partial charge in [0.1, 0.15) is 15.8 Å². The van der Waals surface area contributed by atoms with E-state index in [1.54, 1.807) is 0 Å². The number of aromatic nitrogens is 2. The molecule has 0 fully saturated rings. The number of rotatable bonds is 6. The molecule has 1 heterocycles. The Balaban J connectivity index is 2.23. The van der Waals surface area contributed by atoms with Gasteiger partial charge in [0.2, 0.25) is 0 Å². The lowest BCUT2D eigenvalue weighted by Gasteiger charge is -2.11. The topological polar surface area (TPSA) is 90.2 Å². The minimum atomic E-state index is -3.04. The Kier molecular flexibility index (Phi) is 4.81. The summed E-state index contributed by atoms with van der Waals surface area (Å²) in [5, 5.41) is 17.2.